The third-order valence-electron chi connectivity index (χ3n) is 3.69. The predicted octanol–water partition coefficient (Wildman–Crippen LogP) is 4.96. The Labute approximate surface area is 163 Å². The Hall–Kier alpha value is -2.58. The second-order valence-corrected chi connectivity index (χ2v) is 6.75. The zero-order chi connectivity index (χ0) is 19.6. The van der Waals surface area contributed by atoms with Gasteiger partial charge in [-0.05, 0) is 24.3 Å². The fourth-order valence-electron chi connectivity index (χ4n) is 2.57. The number of halogens is 3. The number of pyridine rings is 1. The highest BCUT2D eigenvalue weighted by Gasteiger charge is 2.16. The van der Waals surface area contributed by atoms with Crippen LogP contribution in [-0.4, -0.2) is 21.7 Å². The van der Waals surface area contributed by atoms with Crippen LogP contribution in [0.5, 0.6) is 0 Å². The summed E-state index contributed by atoms with van der Waals surface area (Å²) in [5.74, 6) is -1.96. The molecule has 0 aliphatic rings. The topological polar surface area (TPSA) is 58.9 Å². The zero-order valence-electron chi connectivity index (χ0n) is 14.4. The van der Waals surface area contributed by atoms with Crippen molar-refractivity contribution in [3.63, 3.8) is 0 Å². The van der Waals surface area contributed by atoms with Gasteiger partial charge >= 0.3 is 0 Å². The van der Waals surface area contributed by atoms with Gasteiger partial charge in [0.05, 0.1) is 17.5 Å². The number of carbonyl (C=O) groups excluding carboxylic acids is 1. The quantitative estimate of drug-likeness (QED) is 0.586. The standard InChI is InChI=1S/C18H15ClF2N4OS/c1-25-9-10(3-16(25)17-15(21)6-12(20)8-22-17)18(26)23-13-4-11(19)5-14(7-13)24-27-2/h3-9,24H,1-2H3,(H,23,26). The molecule has 0 radical (unpaired) electrons. The van der Waals surface area contributed by atoms with Crippen LogP contribution in [0.25, 0.3) is 11.4 Å². The van der Waals surface area contributed by atoms with Crippen LogP contribution in [0.2, 0.25) is 5.02 Å². The van der Waals surface area contributed by atoms with E-state index in [4.69, 9.17) is 11.6 Å². The summed E-state index contributed by atoms with van der Waals surface area (Å²) in [6, 6.07) is 7.34. The molecule has 0 spiro atoms. The highest BCUT2D eigenvalue weighted by atomic mass is 35.5. The fraction of sp³-hybridized carbons (Fsp3) is 0.111. The van der Waals surface area contributed by atoms with Gasteiger partial charge in [0.2, 0.25) is 0 Å². The SMILES string of the molecule is CSNc1cc(Cl)cc(NC(=O)c2cc(-c3ncc(F)cc3F)n(C)c2)c1. The van der Waals surface area contributed by atoms with Crippen molar-refractivity contribution < 1.29 is 13.6 Å². The molecule has 0 atom stereocenters. The van der Waals surface area contributed by atoms with E-state index in [2.05, 4.69) is 15.0 Å². The molecule has 0 fully saturated rings. The Morgan fingerprint density at radius 1 is 1.19 bits per heavy atom. The molecule has 0 bridgehead atoms. The molecule has 2 aromatic heterocycles. The third kappa shape index (κ3) is 4.40. The summed E-state index contributed by atoms with van der Waals surface area (Å²) in [4.78, 5) is 16.3. The van der Waals surface area contributed by atoms with Gasteiger partial charge in [-0.2, -0.15) is 0 Å². The lowest BCUT2D eigenvalue weighted by atomic mass is 10.2. The third-order valence-corrected chi connectivity index (χ3v) is 4.35. The van der Waals surface area contributed by atoms with E-state index in [-0.39, 0.29) is 5.69 Å². The minimum absolute atomic E-state index is 0.0350. The number of aryl methyl sites for hydroxylation is 1. The van der Waals surface area contributed by atoms with Crippen molar-refractivity contribution in [2.75, 3.05) is 16.3 Å². The van der Waals surface area contributed by atoms with E-state index in [0.717, 1.165) is 18.0 Å². The van der Waals surface area contributed by atoms with Crippen molar-refractivity contribution in [1.29, 1.82) is 0 Å². The Balaban J connectivity index is 1.86. The van der Waals surface area contributed by atoms with Crippen molar-refractivity contribution in [2.45, 2.75) is 0 Å². The highest BCUT2D eigenvalue weighted by Crippen LogP contribution is 2.26. The van der Waals surface area contributed by atoms with Crippen molar-refractivity contribution in [1.82, 2.24) is 9.55 Å². The van der Waals surface area contributed by atoms with Gasteiger partial charge in [-0.15, -0.1) is 0 Å². The molecule has 9 heteroatoms. The van der Waals surface area contributed by atoms with Gasteiger partial charge in [0, 0.05) is 42.0 Å². The van der Waals surface area contributed by atoms with Crippen molar-refractivity contribution in [3.8, 4) is 11.4 Å². The average molecular weight is 409 g/mol. The summed E-state index contributed by atoms with van der Waals surface area (Å²) in [6.45, 7) is 0. The highest BCUT2D eigenvalue weighted by molar-refractivity contribution is 7.99. The number of nitrogens with one attached hydrogen (secondary N) is 2. The average Bonchev–Trinajstić information content (AvgIpc) is 2.96. The Morgan fingerprint density at radius 3 is 2.63 bits per heavy atom. The molecule has 0 saturated carbocycles. The number of carbonyl (C=O) groups is 1. The smallest absolute Gasteiger partial charge is 0.257 e. The second kappa shape index (κ2) is 7.98. The molecular formula is C18H15ClF2N4OS. The van der Waals surface area contributed by atoms with Crippen LogP contribution >= 0.6 is 23.5 Å². The molecule has 140 valence electrons. The minimum atomic E-state index is -0.800. The van der Waals surface area contributed by atoms with E-state index in [0.29, 0.717) is 22.0 Å². The molecule has 3 aromatic rings. The van der Waals surface area contributed by atoms with E-state index in [1.807, 2.05) is 6.26 Å². The Morgan fingerprint density at radius 2 is 1.93 bits per heavy atom. The normalized spacial score (nSPS) is 10.7. The molecule has 0 saturated heterocycles. The van der Waals surface area contributed by atoms with Crippen LogP contribution in [0.4, 0.5) is 20.2 Å². The van der Waals surface area contributed by atoms with E-state index >= 15 is 0 Å². The molecule has 1 aromatic carbocycles. The van der Waals surface area contributed by atoms with Crippen molar-refractivity contribution >= 4 is 40.8 Å². The van der Waals surface area contributed by atoms with Crippen LogP contribution in [0, 0.1) is 11.6 Å². The lowest BCUT2D eigenvalue weighted by Crippen LogP contribution is -2.11. The monoisotopic (exact) mass is 408 g/mol. The first-order chi connectivity index (χ1) is 12.9. The number of aromatic nitrogens is 2. The van der Waals surface area contributed by atoms with E-state index < -0.39 is 17.5 Å². The summed E-state index contributed by atoms with van der Waals surface area (Å²) in [5.41, 5.74) is 1.88. The van der Waals surface area contributed by atoms with Crippen LogP contribution in [0.1, 0.15) is 10.4 Å². The minimum Gasteiger partial charge on any atom is -0.348 e. The first kappa shape index (κ1) is 19.2. The van der Waals surface area contributed by atoms with E-state index in [9.17, 15) is 13.6 Å². The summed E-state index contributed by atoms with van der Waals surface area (Å²) < 4.78 is 31.7. The number of benzene rings is 1. The number of anilines is 2. The molecule has 3 rings (SSSR count). The molecule has 2 N–H and O–H groups in total. The van der Waals surface area contributed by atoms with Crippen LogP contribution < -0.4 is 10.0 Å². The first-order valence-electron chi connectivity index (χ1n) is 7.76. The van der Waals surface area contributed by atoms with Gasteiger partial charge < -0.3 is 14.6 Å². The molecule has 5 nitrogen and oxygen atoms in total. The summed E-state index contributed by atoms with van der Waals surface area (Å²) in [6.07, 6.45) is 4.34. The largest absolute Gasteiger partial charge is 0.348 e. The second-order valence-electron chi connectivity index (χ2n) is 5.70. The molecular weight excluding hydrogens is 394 g/mol. The van der Waals surface area contributed by atoms with Crippen LogP contribution in [0.3, 0.4) is 0 Å². The van der Waals surface area contributed by atoms with E-state index in [1.165, 1.54) is 18.0 Å². The molecule has 2 heterocycles. The van der Waals surface area contributed by atoms with Crippen molar-refractivity contribution in [2.24, 2.45) is 7.05 Å². The van der Waals surface area contributed by atoms with Gasteiger partial charge in [-0.3, -0.25) is 4.79 Å². The van der Waals surface area contributed by atoms with Gasteiger partial charge in [0.15, 0.2) is 5.82 Å². The van der Waals surface area contributed by atoms with Crippen LogP contribution in [-0.2, 0) is 7.05 Å². The van der Waals surface area contributed by atoms with Gasteiger partial charge in [-0.25, -0.2) is 13.8 Å². The van der Waals surface area contributed by atoms with Gasteiger partial charge in [0.25, 0.3) is 5.91 Å². The summed E-state index contributed by atoms with van der Waals surface area (Å²) in [7, 11) is 1.65. The molecule has 0 unspecified atom stereocenters. The maximum absolute atomic E-state index is 14.0. The van der Waals surface area contributed by atoms with Crippen molar-refractivity contribution in [3.05, 3.63) is 64.9 Å². The fourth-order valence-corrected chi connectivity index (χ4v) is 3.16. The molecule has 0 aliphatic carbocycles. The lowest BCUT2D eigenvalue weighted by molar-refractivity contribution is 0.102. The number of rotatable bonds is 5. The molecule has 1 amide bonds. The number of nitrogens with zero attached hydrogens (tertiary/aromatic N) is 2. The maximum Gasteiger partial charge on any atom is 0.257 e. The summed E-state index contributed by atoms with van der Waals surface area (Å²) >= 11 is 7.47. The van der Waals surface area contributed by atoms with Gasteiger partial charge in [-0.1, -0.05) is 23.5 Å². The first-order valence-corrected chi connectivity index (χ1v) is 9.36. The lowest BCUT2D eigenvalue weighted by Gasteiger charge is -2.08. The number of hydrogen-bond donors (Lipinski definition) is 2. The Bertz CT molecular complexity index is 1010. The molecule has 27 heavy (non-hydrogen) atoms. The van der Waals surface area contributed by atoms with Crippen LogP contribution in [0.15, 0.2) is 42.7 Å². The number of hydrogen-bond acceptors (Lipinski definition) is 4. The zero-order valence-corrected chi connectivity index (χ0v) is 16.0. The number of amides is 1. The maximum atomic E-state index is 14.0. The Kier molecular flexibility index (Phi) is 5.67. The van der Waals surface area contributed by atoms with Gasteiger partial charge in [0.1, 0.15) is 11.5 Å². The predicted molar refractivity (Wildman–Crippen MR) is 105 cm³/mol. The van der Waals surface area contributed by atoms with E-state index in [1.54, 1.807) is 36.0 Å². The molecule has 0 aliphatic heterocycles. The summed E-state index contributed by atoms with van der Waals surface area (Å²) in [5, 5.41) is 3.22.